The van der Waals surface area contributed by atoms with Gasteiger partial charge in [-0.05, 0) is 57.0 Å². The van der Waals surface area contributed by atoms with Crippen molar-refractivity contribution in [3.8, 4) is 11.5 Å². The molecular formula is C23H26F3NO5. The highest BCUT2D eigenvalue weighted by molar-refractivity contribution is 5.89. The molecule has 1 N–H and O–H groups in total. The molecule has 0 unspecified atom stereocenters. The molecule has 0 aliphatic heterocycles. The van der Waals surface area contributed by atoms with Crippen molar-refractivity contribution in [3.05, 3.63) is 53.6 Å². The zero-order valence-electron chi connectivity index (χ0n) is 18.3. The summed E-state index contributed by atoms with van der Waals surface area (Å²) >= 11 is 0. The minimum absolute atomic E-state index is 0.0104. The van der Waals surface area contributed by atoms with Crippen LogP contribution in [0.1, 0.15) is 51.7 Å². The fourth-order valence-electron chi connectivity index (χ4n) is 2.57. The van der Waals surface area contributed by atoms with Crippen LogP contribution in [0.3, 0.4) is 0 Å². The zero-order valence-corrected chi connectivity index (χ0v) is 18.3. The normalized spacial score (nSPS) is 11.6. The molecule has 0 radical (unpaired) electrons. The first kappa shape index (κ1) is 25.0. The summed E-state index contributed by atoms with van der Waals surface area (Å²) in [6.07, 6.45) is -4.46. The minimum Gasteiger partial charge on any atom is -0.485 e. The first-order valence-corrected chi connectivity index (χ1v) is 10.0. The molecule has 2 aromatic carbocycles. The van der Waals surface area contributed by atoms with Gasteiger partial charge in [0.25, 0.3) is 0 Å². The highest BCUT2D eigenvalue weighted by Gasteiger charge is 2.30. The van der Waals surface area contributed by atoms with E-state index in [0.717, 1.165) is 12.1 Å². The molecule has 0 bridgehead atoms. The molecule has 0 saturated heterocycles. The summed E-state index contributed by atoms with van der Waals surface area (Å²) in [6.45, 7) is 6.86. The first-order chi connectivity index (χ1) is 14.9. The Morgan fingerprint density at radius 1 is 1.00 bits per heavy atom. The van der Waals surface area contributed by atoms with Crippen LogP contribution in [0, 0.1) is 0 Å². The van der Waals surface area contributed by atoms with Gasteiger partial charge in [0, 0.05) is 6.42 Å². The number of benzene rings is 2. The molecule has 0 heterocycles. The van der Waals surface area contributed by atoms with E-state index >= 15 is 0 Å². The van der Waals surface area contributed by atoms with E-state index in [2.05, 4.69) is 5.32 Å². The number of rotatable bonds is 7. The van der Waals surface area contributed by atoms with Crippen molar-refractivity contribution in [2.75, 3.05) is 5.32 Å². The van der Waals surface area contributed by atoms with Crippen molar-refractivity contribution in [2.45, 2.75) is 58.9 Å². The Bertz CT molecular complexity index is 934. The third-order valence-corrected chi connectivity index (χ3v) is 3.96. The summed E-state index contributed by atoms with van der Waals surface area (Å²) in [5.74, 6) is -0.392. The van der Waals surface area contributed by atoms with Crippen LogP contribution in [0.4, 0.5) is 23.7 Å². The van der Waals surface area contributed by atoms with Gasteiger partial charge >= 0.3 is 18.2 Å². The van der Waals surface area contributed by atoms with Crippen LogP contribution >= 0.6 is 0 Å². The molecule has 0 fully saturated rings. The lowest BCUT2D eigenvalue weighted by Crippen LogP contribution is -2.27. The number of anilines is 1. The van der Waals surface area contributed by atoms with Crippen LogP contribution in [0.2, 0.25) is 0 Å². The number of nitrogens with one attached hydrogen (secondary N) is 1. The number of esters is 1. The van der Waals surface area contributed by atoms with Crippen molar-refractivity contribution in [1.82, 2.24) is 0 Å². The Balaban J connectivity index is 2.24. The summed E-state index contributed by atoms with van der Waals surface area (Å²) in [5.41, 5.74) is -0.859. The number of para-hydroxylation sites is 1. The van der Waals surface area contributed by atoms with E-state index in [4.69, 9.17) is 14.2 Å². The molecule has 0 atom stereocenters. The van der Waals surface area contributed by atoms with Crippen molar-refractivity contribution in [2.24, 2.45) is 0 Å². The summed E-state index contributed by atoms with van der Waals surface area (Å²) in [6, 6.07) is 9.14. The predicted octanol–water partition coefficient (Wildman–Crippen LogP) is 6.34. The van der Waals surface area contributed by atoms with Gasteiger partial charge in [0.1, 0.15) is 12.2 Å². The lowest BCUT2D eigenvalue weighted by molar-refractivity contribution is -0.137. The standard InChI is InChI=1S/C23H26F3NO5/c1-5-7-19(28)31-20-17(27-21(29)32-22(2,3)4)8-6-9-18(20)30-14-15-10-12-16(13-11-15)23(24,25)26/h6,8-13H,5,7,14H2,1-4H3,(H,27,29). The Morgan fingerprint density at radius 2 is 1.66 bits per heavy atom. The molecule has 0 spiro atoms. The molecule has 32 heavy (non-hydrogen) atoms. The summed E-state index contributed by atoms with van der Waals surface area (Å²) in [5, 5.41) is 2.53. The van der Waals surface area contributed by atoms with Crippen LogP contribution in [0.15, 0.2) is 42.5 Å². The van der Waals surface area contributed by atoms with Gasteiger partial charge in [-0.25, -0.2) is 4.79 Å². The molecule has 0 aliphatic rings. The van der Waals surface area contributed by atoms with E-state index in [1.54, 1.807) is 26.8 Å². The van der Waals surface area contributed by atoms with Crippen LogP contribution in [0.25, 0.3) is 0 Å². The molecule has 2 rings (SSSR count). The van der Waals surface area contributed by atoms with Gasteiger partial charge < -0.3 is 14.2 Å². The lowest BCUT2D eigenvalue weighted by Gasteiger charge is -2.21. The fraction of sp³-hybridized carbons (Fsp3) is 0.391. The maximum Gasteiger partial charge on any atom is 0.416 e. The number of carbonyl (C=O) groups is 2. The van der Waals surface area contributed by atoms with Gasteiger partial charge in [-0.1, -0.05) is 25.1 Å². The average Bonchev–Trinajstić information content (AvgIpc) is 2.66. The smallest absolute Gasteiger partial charge is 0.416 e. The molecule has 9 heteroatoms. The molecule has 0 aromatic heterocycles. The number of hydrogen-bond donors (Lipinski definition) is 1. The second-order valence-corrected chi connectivity index (χ2v) is 7.97. The second-order valence-electron chi connectivity index (χ2n) is 7.97. The molecular weight excluding hydrogens is 427 g/mol. The van der Waals surface area contributed by atoms with Gasteiger partial charge in [0.05, 0.1) is 11.3 Å². The Morgan fingerprint density at radius 3 is 2.22 bits per heavy atom. The van der Waals surface area contributed by atoms with E-state index in [1.165, 1.54) is 24.3 Å². The van der Waals surface area contributed by atoms with Crippen molar-refractivity contribution in [1.29, 1.82) is 0 Å². The Hall–Kier alpha value is -3.23. The molecule has 0 aliphatic carbocycles. The number of hydrogen-bond acceptors (Lipinski definition) is 5. The van der Waals surface area contributed by atoms with Gasteiger partial charge in [-0.15, -0.1) is 0 Å². The Labute approximate surface area is 184 Å². The highest BCUT2D eigenvalue weighted by atomic mass is 19.4. The number of ether oxygens (including phenoxy) is 3. The molecule has 1 amide bonds. The largest absolute Gasteiger partial charge is 0.485 e. The van der Waals surface area contributed by atoms with Gasteiger partial charge in [0.2, 0.25) is 0 Å². The molecule has 2 aromatic rings. The zero-order chi connectivity index (χ0) is 23.9. The highest BCUT2D eigenvalue weighted by Crippen LogP contribution is 2.37. The van der Waals surface area contributed by atoms with Crippen molar-refractivity contribution < 1.29 is 37.0 Å². The molecule has 6 nitrogen and oxygen atoms in total. The van der Waals surface area contributed by atoms with E-state index in [0.29, 0.717) is 12.0 Å². The number of halogens is 3. The van der Waals surface area contributed by atoms with E-state index in [-0.39, 0.29) is 30.2 Å². The van der Waals surface area contributed by atoms with Crippen molar-refractivity contribution in [3.63, 3.8) is 0 Å². The Kier molecular flexibility index (Phi) is 8.13. The summed E-state index contributed by atoms with van der Waals surface area (Å²) in [4.78, 5) is 24.3. The number of alkyl halides is 3. The van der Waals surface area contributed by atoms with Gasteiger partial charge in [0.15, 0.2) is 11.5 Å². The summed E-state index contributed by atoms with van der Waals surface area (Å²) in [7, 11) is 0. The maximum absolute atomic E-state index is 12.7. The van der Waals surface area contributed by atoms with Gasteiger partial charge in [-0.2, -0.15) is 13.2 Å². The lowest BCUT2D eigenvalue weighted by atomic mass is 10.1. The van der Waals surface area contributed by atoms with Crippen LogP contribution in [0.5, 0.6) is 11.5 Å². The quantitative estimate of drug-likeness (QED) is 0.391. The van der Waals surface area contributed by atoms with Crippen LogP contribution < -0.4 is 14.8 Å². The SMILES string of the molecule is CCCC(=O)Oc1c(NC(=O)OC(C)(C)C)cccc1OCc1ccc(C(F)(F)F)cc1. The van der Waals surface area contributed by atoms with Gasteiger partial charge in [-0.3, -0.25) is 10.1 Å². The third-order valence-electron chi connectivity index (χ3n) is 3.96. The number of amides is 1. The predicted molar refractivity (Wildman–Crippen MR) is 113 cm³/mol. The summed E-state index contributed by atoms with van der Waals surface area (Å²) < 4.78 is 54.6. The fourth-order valence-corrected chi connectivity index (χ4v) is 2.57. The van der Waals surface area contributed by atoms with E-state index in [9.17, 15) is 22.8 Å². The number of carbonyl (C=O) groups excluding carboxylic acids is 2. The molecule has 174 valence electrons. The topological polar surface area (TPSA) is 73.9 Å². The average molecular weight is 453 g/mol. The second kappa shape index (κ2) is 10.4. The monoisotopic (exact) mass is 453 g/mol. The van der Waals surface area contributed by atoms with Crippen molar-refractivity contribution >= 4 is 17.7 Å². The van der Waals surface area contributed by atoms with E-state index < -0.39 is 29.4 Å². The van der Waals surface area contributed by atoms with E-state index in [1.807, 2.05) is 6.92 Å². The maximum atomic E-state index is 12.7. The molecule has 0 saturated carbocycles. The minimum atomic E-state index is -4.43. The first-order valence-electron chi connectivity index (χ1n) is 10.0. The third kappa shape index (κ3) is 7.79. The van der Waals surface area contributed by atoms with Crippen LogP contribution in [-0.4, -0.2) is 17.7 Å². The van der Waals surface area contributed by atoms with Crippen LogP contribution in [-0.2, 0) is 22.3 Å².